The van der Waals surface area contributed by atoms with Crippen molar-refractivity contribution >= 4 is 17.5 Å². The maximum absolute atomic E-state index is 12.5. The van der Waals surface area contributed by atoms with E-state index in [1.807, 2.05) is 36.9 Å². The quantitative estimate of drug-likeness (QED) is 0.733. The molecule has 0 aliphatic carbocycles. The van der Waals surface area contributed by atoms with Crippen molar-refractivity contribution in [1.82, 2.24) is 10.6 Å². The first-order chi connectivity index (χ1) is 12.1. The number of nitrogens with zero attached hydrogens (tertiary/aromatic N) is 1. The Kier molecular flexibility index (Phi) is 6.70. The number of rotatable bonds is 7. The summed E-state index contributed by atoms with van der Waals surface area (Å²) in [6.07, 6.45) is 6.24. The van der Waals surface area contributed by atoms with Gasteiger partial charge >= 0.3 is 0 Å². The fourth-order valence-electron chi connectivity index (χ4n) is 2.76. The van der Waals surface area contributed by atoms with Gasteiger partial charge in [-0.25, -0.2) is 0 Å². The lowest BCUT2D eigenvalue weighted by molar-refractivity contribution is -0.129. The molecule has 25 heavy (non-hydrogen) atoms. The number of para-hydroxylation sites is 2. The average molecular weight is 343 g/mol. The van der Waals surface area contributed by atoms with E-state index in [2.05, 4.69) is 16.6 Å². The van der Waals surface area contributed by atoms with E-state index in [-0.39, 0.29) is 30.9 Å². The van der Waals surface area contributed by atoms with Gasteiger partial charge in [0.15, 0.2) is 6.10 Å². The third kappa shape index (κ3) is 4.90. The SMILES string of the molecule is C#CCNC(=O)CN1C[C@@H](C(=O)NC(CC)CC)Oc2ccccc21. The molecule has 2 N–H and O–H groups in total. The standard InChI is InChI=1S/C19H25N3O3/c1-4-11-20-18(23)13-22-12-17(19(24)21-14(5-2)6-3)25-16-10-8-7-9-15(16)22/h1,7-10,14,17H,5-6,11-13H2,2-3H3,(H,20,23)(H,21,24)/t17-/m0/s1. The zero-order valence-corrected chi connectivity index (χ0v) is 14.7. The van der Waals surface area contributed by atoms with Crippen LogP contribution >= 0.6 is 0 Å². The van der Waals surface area contributed by atoms with E-state index in [1.165, 1.54) is 0 Å². The number of hydrogen-bond donors (Lipinski definition) is 2. The molecule has 0 bridgehead atoms. The number of nitrogens with one attached hydrogen (secondary N) is 2. The zero-order chi connectivity index (χ0) is 18.2. The van der Waals surface area contributed by atoms with Crippen LogP contribution < -0.4 is 20.3 Å². The van der Waals surface area contributed by atoms with Crippen molar-refractivity contribution in [2.75, 3.05) is 24.5 Å². The Morgan fingerprint density at radius 1 is 1.36 bits per heavy atom. The summed E-state index contributed by atoms with van der Waals surface area (Å²) in [5.41, 5.74) is 0.796. The van der Waals surface area contributed by atoms with Gasteiger partial charge in [0.1, 0.15) is 5.75 Å². The number of fused-ring (bicyclic) bond motifs is 1. The van der Waals surface area contributed by atoms with Crippen LogP contribution in [-0.2, 0) is 9.59 Å². The molecule has 0 aromatic heterocycles. The Hall–Kier alpha value is -2.68. The predicted octanol–water partition coefficient (Wildman–Crippen LogP) is 1.31. The number of hydrogen-bond acceptors (Lipinski definition) is 4. The van der Waals surface area contributed by atoms with E-state index in [0.717, 1.165) is 18.5 Å². The molecule has 134 valence electrons. The smallest absolute Gasteiger partial charge is 0.263 e. The number of benzene rings is 1. The maximum Gasteiger partial charge on any atom is 0.263 e. The summed E-state index contributed by atoms with van der Waals surface area (Å²) in [6, 6.07) is 7.52. The Labute approximate surface area is 148 Å². The highest BCUT2D eigenvalue weighted by Crippen LogP contribution is 2.32. The van der Waals surface area contributed by atoms with E-state index < -0.39 is 6.10 Å². The van der Waals surface area contributed by atoms with Gasteiger partial charge in [-0.15, -0.1) is 6.42 Å². The van der Waals surface area contributed by atoms with Crippen molar-refractivity contribution in [3.63, 3.8) is 0 Å². The van der Waals surface area contributed by atoms with Crippen molar-refractivity contribution in [3.05, 3.63) is 24.3 Å². The maximum atomic E-state index is 12.5. The van der Waals surface area contributed by atoms with Gasteiger partial charge < -0.3 is 20.3 Å². The van der Waals surface area contributed by atoms with Crippen LogP contribution in [0.25, 0.3) is 0 Å². The Morgan fingerprint density at radius 2 is 2.08 bits per heavy atom. The molecule has 0 saturated carbocycles. The molecule has 1 aromatic carbocycles. The van der Waals surface area contributed by atoms with Gasteiger partial charge in [0.05, 0.1) is 25.3 Å². The third-order valence-corrected chi connectivity index (χ3v) is 4.21. The van der Waals surface area contributed by atoms with E-state index >= 15 is 0 Å². The van der Waals surface area contributed by atoms with Crippen molar-refractivity contribution in [1.29, 1.82) is 0 Å². The van der Waals surface area contributed by atoms with Crippen molar-refractivity contribution in [2.45, 2.75) is 38.8 Å². The molecule has 2 rings (SSSR count). The molecule has 1 atom stereocenters. The van der Waals surface area contributed by atoms with Gasteiger partial charge in [0, 0.05) is 6.04 Å². The number of carbonyl (C=O) groups excluding carboxylic acids is 2. The summed E-state index contributed by atoms with van der Waals surface area (Å²) in [4.78, 5) is 26.4. The second kappa shape index (κ2) is 8.97. The fourth-order valence-corrected chi connectivity index (χ4v) is 2.76. The van der Waals surface area contributed by atoms with Gasteiger partial charge in [-0.3, -0.25) is 9.59 Å². The highest BCUT2D eigenvalue weighted by Gasteiger charge is 2.32. The minimum absolute atomic E-state index is 0.122. The second-order valence-corrected chi connectivity index (χ2v) is 5.96. The number of amides is 2. The highest BCUT2D eigenvalue weighted by molar-refractivity contribution is 5.86. The van der Waals surface area contributed by atoms with E-state index in [1.54, 1.807) is 6.07 Å². The molecule has 0 fully saturated rings. The first-order valence-electron chi connectivity index (χ1n) is 8.60. The lowest BCUT2D eigenvalue weighted by Crippen LogP contribution is -2.52. The van der Waals surface area contributed by atoms with Crippen LogP contribution in [0.15, 0.2) is 24.3 Å². The minimum atomic E-state index is -0.657. The van der Waals surface area contributed by atoms with E-state index in [9.17, 15) is 9.59 Å². The predicted molar refractivity (Wildman–Crippen MR) is 97.4 cm³/mol. The fraction of sp³-hybridized carbons (Fsp3) is 0.474. The molecule has 1 aliphatic rings. The largest absolute Gasteiger partial charge is 0.477 e. The minimum Gasteiger partial charge on any atom is -0.477 e. The van der Waals surface area contributed by atoms with Gasteiger partial charge in [0.2, 0.25) is 5.91 Å². The van der Waals surface area contributed by atoms with Gasteiger partial charge in [-0.1, -0.05) is 31.9 Å². The van der Waals surface area contributed by atoms with E-state index in [4.69, 9.17) is 11.2 Å². The third-order valence-electron chi connectivity index (χ3n) is 4.21. The number of ether oxygens (including phenoxy) is 1. The van der Waals surface area contributed by atoms with Gasteiger partial charge in [0.25, 0.3) is 5.91 Å². The highest BCUT2D eigenvalue weighted by atomic mass is 16.5. The number of terminal acetylenes is 1. The first kappa shape index (κ1) is 18.7. The molecule has 0 saturated heterocycles. The summed E-state index contributed by atoms with van der Waals surface area (Å²) in [7, 11) is 0. The molecule has 6 nitrogen and oxygen atoms in total. The Balaban J connectivity index is 2.12. The van der Waals surface area contributed by atoms with Crippen LogP contribution in [0.2, 0.25) is 0 Å². The number of anilines is 1. The summed E-state index contributed by atoms with van der Waals surface area (Å²) >= 11 is 0. The monoisotopic (exact) mass is 343 g/mol. The van der Waals surface area contributed by atoms with Crippen LogP contribution in [-0.4, -0.2) is 43.6 Å². The molecular weight excluding hydrogens is 318 g/mol. The van der Waals surface area contributed by atoms with Crippen molar-refractivity contribution < 1.29 is 14.3 Å². The molecule has 2 amide bonds. The first-order valence-corrected chi connectivity index (χ1v) is 8.60. The topological polar surface area (TPSA) is 70.7 Å². The summed E-state index contributed by atoms with van der Waals surface area (Å²) in [5, 5.41) is 5.65. The molecule has 1 aromatic rings. The van der Waals surface area contributed by atoms with Crippen molar-refractivity contribution in [3.8, 4) is 18.1 Å². The summed E-state index contributed by atoms with van der Waals surface area (Å²) < 4.78 is 5.86. The lowest BCUT2D eigenvalue weighted by Gasteiger charge is -2.35. The molecule has 1 heterocycles. The van der Waals surface area contributed by atoms with Crippen molar-refractivity contribution in [2.24, 2.45) is 0 Å². The van der Waals surface area contributed by atoms with Crippen LogP contribution in [0, 0.1) is 12.3 Å². The average Bonchev–Trinajstić information content (AvgIpc) is 2.64. The van der Waals surface area contributed by atoms with Crippen LogP contribution in [0.4, 0.5) is 5.69 Å². The van der Waals surface area contributed by atoms with Crippen LogP contribution in [0.1, 0.15) is 26.7 Å². The van der Waals surface area contributed by atoms with E-state index in [0.29, 0.717) is 12.3 Å². The molecule has 0 spiro atoms. The zero-order valence-electron chi connectivity index (χ0n) is 14.7. The van der Waals surface area contributed by atoms with Crippen LogP contribution in [0.3, 0.4) is 0 Å². The van der Waals surface area contributed by atoms with Gasteiger partial charge in [-0.05, 0) is 25.0 Å². The molecule has 0 radical (unpaired) electrons. The van der Waals surface area contributed by atoms with Crippen LogP contribution in [0.5, 0.6) is 5.75 Å². The van der Waals surface area contributed by atoms with Gasteiger partial charge in [-0.2, -0.15) is 0 Å². The number of carbonyl (C=O) groups is 2. The molecule has 6 heteroatoms. The normalized spacial score (nSPS) is 15.8. The Morgan fingerprint density at radius 3 is 2.76 bits per heavy atom. The Bertz CT molecular complexity index is 650. The lowest BCUT2D eigenvalue weighted by atomic mass is 10.1. The summed E-state index contributed by atoms with van der Waals surface area (Å²) in [6.45, 7) is 4.69. The molecular formula is C19H25N3O3. The summed E-state index contributed by atoms with van der Waals surface area (Å²) in [5.74, 6) is 2.64. The molecule has 0 unspecified atom stereocenters. The molecule has 1 aliphatic heterocycles. The second-order valence-electron chi connectivity index (χ2n) is 5.96.